The van der Waals surface area contributed by atoms with Gasteiger partial charge in [0.1, 0.15) is 28.2 Å². The standard InChI is InChI=1S/C20H18O10S/c1-26-14-5-4-11(6-16(14)27-2)15-9-13(21)20-17(28-3)7-12(8-18(20)29-15)30-31(24,25)10-19(22)23/h4-9H,10H2,1-3H3,(H,22,23). The van der Waals surface area contributed by atoms with Crippen LogP contribution in [0.1, 0.15) is 0 Å². The zero-order valence-electron chi connectivity index (χ0n) is 16.7. The highest BCUT2D eigenvalue weighted by Crippen LogP contribution is 2.35. The second-order valence-corrected chi connectivity index (χ2v) is 7.79. The highest BCUT2D eigenvalue weighted by molar-refractivity contribution is 7.87. The molecule has 0 saturated heterocycles. The number of hydrogen-bond donors (Lipinski definition) is 1. The van der Waals surface area contributed by atoms with Crippen molar-refractivity contribution >= 4 is 27.1 Å². The summed E-state index contributed by atoms with van der Waals surface area (Å²) in [4.78, 5) is 23.5. The normalized spacial score (nSPS) is 11.2. The molecule has 31 heavy (non-hydrogen) atoms. The fourth-order valence-corrected chi connectivity index (χ4v) is 3.65. The van der Waals surface area contributed by atoms with Gasteiger partial charge in [-0.05, 0) is 18.2 Å². The predicted octanol–water partition coefficient (Wildman–Crippen LogP) is 2.28. The van der Waals surface area contributed by atoms with Crippen molar-refractivity contribution in [1.29, 1.82) is 0 Å². The zero-order valence-corrected chi connectivity index (χ0v) is 17.5. The summed E-state index contributed by atoms with van der Waals surface area (Å²) in [5, 5.41) is 8.78. The van der Waals surface area contributed by atoms with Crippen molar-refractivity contribution in [3.63, 3.8) is 0 Å². The molecule has 0 saturated carbocycles. The predicted molar refractivity (Wildman–Crippen MR) is 110 cm³/mol. The Balaban J connectivity index is 2.16. The molecule has 0 amide bonds. The summed E-state index contributed by atoms with van der Waals surface area (Å²) in [7, 11) is -0.190. The number of benzene rings is 2. The molecule has 3 rings (SSSR count). The Morgan fingerprint density at radius 2 is 1.65 bits per heavy atom. The highest BCUT2D eigenvalue weighted by atomic mass is 32.2. The van der Waals surface area contributed by atoms with Crippen LogP contribution < -0.4 is 23.8 Å². The van der Waals surface area contributed by atoms with Crippen molar-refractivity contribution in [3.05, 3.63) is 46.6 Å². The fourth-order valence-electron chi connectivity index (χ4n) is 2.90. The monoisotopic (exact) mass is 450 g/mol. The van der Waals surface area contributed by atoms with Gasteiger partial charge < -0.3 is 27.9 Å². The van der Waals surface area contributed by atoms with Gasteiger partial charge in [-0.3, -0.25) is 9.59 Å². The third-order valence-corrected chi connectivity index (χ3v) is 5.23. The van der Waals surface area contributed by atoms with Gasteiger partial charge in [-0.2, -0.15) is 8.42 Å². The van der Waals surface area contributed by atoms with E-state index in [0.29, 0.717) is 17.1 Å². The van der Waals surface area contributed by atoms with Crippen LogP contribution in [-0.2, 0) is 14.9 Å². The van der Waals surface area contributed by atoms with Crippen molar-refractivity contribution in [1.82, 2.24) is 0 Å². The van der Waals surface area contributed by atoms with Crippen LogP contribution in [-0.4, -0.2) is 46.6 Å². The number of ether oxygens (including phenoxy) is 3. The Bertz CT molecular complexity index is 1310. The van der Waals surface area contributed by atoms with E-state index in [1.165, 1.54) is 33.5 Å². The second kappa shape index (κ2) is 8.56. The van der Waals surface area contributed by atoms with Crippen LogP contribution in [0, 0.1) is 0 Å². The minimum atomic E-state index is -4.42. The summed E-state index contributed by atoms with van der Waals surface area (Å²) in [6.07, 6.45) is 0. The van der Waals surface area contributed by atoms with Crippen LogP contribution in [0.3, 0.4) is 0 Å². The van der Waals surface area contributed by atoms with Gasteiger partial charge in [-0.25, -0.2) is 0 Å². The van der Waals surface area contributed by atoms with Crippen molar-refractivity contribution in [2.24, 2.45) is 0 Å². The van der Waals surface area contributed by atoms with E-state index in [0.717, 1.165) is 6.07 Å². The molecule has 0 spiro atoms. The highest BCUT2D eigenvalue weighted by Gasteiger charge is 2.21. The first-order valence-corrected chi connectivity index (χ1v) is 10.3. The summed E-state index contributed by atoms with van der Waals surface area (Å²) >= 11 is 0. The Morgan fingerprint density at radius 3 is 2.26 bits per heavy atom. The largest absolute Gasteiger partial charge is 0.496 e. The molecule has 0 atom stereocenters. The summed E-state index contributed by atoms with van der Waals surface area (Å²) in [6, 6.07) is 8.49. The molecule has 0 bridgehead atoms. The van der Waals surface area contributed by atoms with Crippen LogP contribution in [0.2, 0.25) is 0 Å². The molecule has 0 radical (unpaired) electrons. The lowest BCUT2D eigenvalue weighted by Gasteiger charge is -2.12. The molecule has 11 heteroatoms. The van der Waals surface area contributed by atoms with E-state index in [1.807, 2.05) is 0 Å². The van der Waals surface area contributed by atoms with Crippen LogP contribution in [0.5, 0.6) is 23.0 Å². The van der Waals surface area contributed by atoms with Crippen molar-refractivity contribution in [3.8, 4) is 34.3 Å². The minimum absolute atomic E-state index is 0.00522. The van der Waals surface area contributed by atoms with E-state index in [2.05, 4.69) is 0 Å². The molecule has 0 aliphatic rings. The molecule has 10 nitrogen and oxygen atoms in total. The first-order chi connectivity index (χ1) is 14.7. The van der Waals surface area contributed by atoms with E-state index in [4.69, 9.17) is 27.9 Å². The van der Waals surface area contributed by atoms with Crippen LogP contribution in [0.25, 0.3) is 22.3 Å². The average Bonchev–Trinajstić information content (AvgIpc) is 2.70. The number of fused-ring (bicyclic) bond motifs is 1. The lowest BCUT2D eigenvalue weighted by Crippen LogP contribution is -2.20. The number of methoxy groups -OCH3 is 3. The Kier molecular flexibility index (Phi) is 6.07. The SMILES string of the molecule is COc1ccc(-c2cc(=O)c3c(OC)cc(OS(=O)(=O)CC(=O)O)cc3o2)cc1OC. The van der Waals surface area contributed by atoms with Gasteiger partial charge in [-0.15, -0.1) is 0 Å². The van der Waals surface area contributed by atoms with Crippen LogP contribution in [0.15, 0.2) is 45.6 Å². The first kappa shape index (κ1) is 22.0. The Labute approximate surface area is 176 Å². The number of hydrogen-bond acceptors (Lipinski definition) is 9. The summed E-state index contributed by atoms with van der Waals surface area (Å²) < 4.78 is 50.0. The Morgan fingerprint density at radius 1 is 0.968 bits per heavy atom. The smallest absolute Gasteiger partial charge is 0.322 e. The van der Waals surface area contributed by atoms with Crippen LogP contribution in [0.4, 0.5) is 0 Å². The summed E-state index contributed by atoms with van der Waals surface area (Å²) in [5.41, 5.74) is 0.0421. The van der Waals surface area contributed by atoms with Gasteiger partial charge in [0.15, 0.2) is 22.7 Å². The molecule has 1 N–H and O–H groups in total. The van der Waals surface area contributed by atoms with Crippen molar-refractivity contribution in [2.45, 2.75) is 0 Å². The lowest BCUT2D eigenvalue weighted by atomic mass is 10.1. The van der Waals surface area contributed by atoms with Gasteiger partial charge in [-0.1, -0.05) is 0 Å². The Hall–Kier alpha value is -3.73. The van der Waals surface area contributed by atoms with Gasteiger partial charge in [0.25, 0.3) is 0 Å². The van der Waals surface area contributed by atoms with E-state index in [-0.39, 0.29) is 28.2 Å². The molecule has 0 aliphatic heterocycles. The molecular weight excluding hydrogens is 432 g/mol. The zero-order chi connectivity index (χ0) is 22.8. The van der Waals surface area contributed by atoms with Crippen molar-refractivity contribution < 1.29 is 41.1 Å². The minimum Gasteiger partial charge on any atom is -0.496 e. The van der Waals surface area contributed by atoms with E-state index < -0.39 is 27.3 Å². The topological polar surface area (TPSA) is 139 Å². The number of rotatable bonds is 8. The number of carboxylic acids is 1. The quantitative estimate of drug-likeness (QED) is 0.509. The van der Waals surface area contributed by atoms with Crippen LogP contribution >= 0.6 is 0 Å². The van der Waals surface area contributed by atoms with E-state index >= 15 is 0 Å². The van der Waals surface area contributed by atoms with Gasteiger partial charge in [0.2, 0.25) is 0 Å². The molecule has 0 unspecified atom stereocenters. The van der Waals surface area contributed by atoms with Gasteiger partial charge >= 0.3 is 16.1 Å². The fraction of sp³-hybridized carbons (Fsp3) is 0.200. The van der Waals surface area contributed by atoms with E-state index in [9.17, 15) is 18.0 Å². The summed E-state index contributed by atoms with van der Waals surface area (Å²) in [6.45, 7) is 0. The molecule has 164 valence electrons. The maximum atomic E-state index is 12.7. The third kappa shape index (κ3) is 4.72. The maximum Gasteiger partial charge on any atom is 0.322 e. The van der Waals surface area contributed by atoms with Gasteiger partial charge in [0.05, 0.1) is 21.3 Å². The lowest BCUT2D eigenvalue weighted by molar-refractivity contribution is -0.134. The van der Waals surface area contributed by atoms with Crippen molar-refractivity contribution in [2.75, 3.05) is 27.1 Å². The second-order valence-electron chi connectivity index (χ2n) is 6.22. The average molecular weight is 450 g/mol. The summed E-state index contributed by atoms with van der Waals surface area (Å²) in [5.74, 6) is -2.00. The molecule has 1 heterocycles. The maximum absolute atomic E-state index is 12.7. The molecule has 0 fully saturated rings. The molecular formula is C20H18O10S. The van der Waals surface area contributed by atoms with Gasteiger partial charge in [0, 0.05) is 23.8 Å². The number of aliphatic carboxylic acids is 1. The first-order valence-electron chi connectivity index (χ1n) is 8.69. The third-order valence-electron chi connectivity index (χ3n) is 4.18. The number of carbonyl (C=O) groups is 1. The molecule has 0 aliphatic carbocycles. The van der Waals surface area contributed by atoms with E-state index in [1.54, 1.807) is 18.2 Å². The number of carboxylic acid groups (broad SMARTS) is 1. The molecule has 2 aromatic carbocycles. The molecule has 1 aromatic heterocycles. The molecule has 3 aromatic rings.